The van der Waals surface area contributed by atoms with Crippen molar-refractivity contribution in [2.24, 2.45) is 0 Å². The Labute approximate surface area is 209 Å². The van der Waals surface area contributed by atoms with Gasteiger partial charge in [-0.1, -0.05) is 66.2 Å². The number of allylic oxidation sites excluding steroid dienone is 1. The summed E-state index contributed by atoms with van der Waals surface area (Å²) in [4.78, 5) is 34.8. The minimum absolute atomic E-state index is 0.162. The number of carboxylic acids is 2. The van der Waals surface area contributed by atoms with E-state index in [2.05, 4.69) is 5.32 Å². The fraction of sp³-hybridized carbons (Fsp3) is 0.107. The molecule has 0 saturated carbocycles. The van der Waals surface area contributed by atoms with E-state index >= 15 is 0 Å². The van der Waals surface area contributed by atoms with E-state index in [1.807, 2.05) is 44.4 Å². The summed E-state index contributed by atoms with van der Waals surface area (Å²) in [6, 6.07) is 23.5. The third kappa shape index (κ3) is 8.98. The van der Waals surface area contributed by atoms with Gasteiger partial charge in [-0.15, -0.1) is 11.8 Å². The highest BCUT2D eigenvalue weighted by molar-refractivity contribution is 7.98. The zero-order valence-electron chi connectivity index (χ0n) is 19.7. The Morgan fingerprint density at radius 1 is 0.886 bits per heavy atom. The highest BCUT2D eigenvalue weighted by Crippen LogP contribution is 2.27. The smallest absolute Gasteiger partial charge is 0.352 e. The summed E-state index contributed by atoms with van der Waals surface area (Å²) in [6.07, 6.45) is 4.65. The average molecular weight is 490 g/mol. The SMILES string of the molecule is CSc1ccc(C)cc1C(C)=CC(=O)O.O=C(O)C(=Cc1ccccc1)NC(=O)c1ccccc1. The number of carbonyl (C=O) groups is 3. The van der Waals surface area contributed by atoms with Crippen LogP contribution >= 0.6 is 11.8 Å². The Bertz CT molecular complexity index is 1230. The zero-order valence-corrected chi connectivity index (χ0v) is 20.5. The van der Waals surface area contributed by atoms with Crippen molar-refractivity contribution in [2.45, 2.75) is 18.7 Å². The van der Waals surface area contributed by atoms with Gasteiger partial charge in [-0.3, -0.25) is 4.79 Å². The zero-order chi connectivity index (χ0) is 25.8. The summed E-state index contributed by atoms with van der Waals surface area (Å²) < 4.78 is 0. The third-order valence-corrected chi connectivity index (χ3v) is 5.54. The molecule has 0 spiro atoms. The van der Waals surface area contributed by atoms with Gasteiger partial charge in [0.05, 0.1) is 0 Å². The van der Waals surface area contributed by atoms with Gasteiger partial charge >= 0.3 is 11.9 Å². The van der Waals surface area contributed by atoms with Gasteiger partial charge in [-0.2, -0.15) is 0 Å². The molecular weight excluding hydrogens is 462 g/mol. The number of carboxylic acid groups (broad SMARTS) is 2. The molecule has 3 aromatic rings. The van der Waals surface area contributed by atoms with Crippen LogP contribution < -0.4 is 5.32 Å². The molecule has 0 bridgehead atoms. The molecular formula is C28H27NO5S. The molecule has 0 saturated heterocycles. The van der Waals surface area contributed by atoms with Crippen LogP contribution in [0, 0.1) is 6.92 Å². The topological polar surface area (TPSA) is 104 Å². The number of nitrogens with one attached hydrogen (secondary N) is 1. The summed E-state index contributed by atoms with van der Waals surface area (Å²) in [5, 5.41) is 20.2. The minimum atomic E-state index is -1.18. The molecule has 0 aliphatic rings. The van der Waals surface area contributed by atoms with E-state index < -0.39 is 17.8 Å². The third-order valence-electron chi connectivity index (χ3n) is 4.74. The van der Waals surface area contributed by atoms with Crippen molar-refractivity contribution >= 4 is 41.3 Å². The molecule has 180 valence electrons. The fourth-order valence-electron chi connectivity index (χ4n) is 3.04. The molecule has 0 atom stereocenters. The minimum Gasteiger partial charge on any atom is -0.478 e. The van der Waals surface area contributed by atoms with E-state index in [9.17, 15) is 14.4 Å². The van der Waals surface area contributed by atoms with Crippen LogP contribution in [0.15, 0.2) is 95.5 Å². The van der Waals surface area contributed by atoms with Crippen molar-refractivity contribution in [2.75, 3.05) is 6.26 Å². The Morgan fingerprint density at radius 3 is 2.03 bits per heavy atom. The van der Waals surface area contributed by atoms with Crippen LogP contribution in [0.25, 0.3) is 11.6 Å². The van der Waals surface area contributed by atoms with Crippen molar-refractivity contribution in [3.8, 4) is 0 Å². The van der Waals surface area contributed by atoms with Crippen molar-refractivity contribution < 1.29 is 24.6 Å². The van der Waals surface area contributed by atoms with E-state index in [0.29, 0.717) is 11.1 Å². The number of aryl methyl sites for hydroxylation is 1. The van der Waals surface area contributed by atoms with Crippen LogP contribution in [0.3, 0.4) is 0 Å². The first-order chi connectivity index (χ1) is 16.7. The van der Waals surface area contributed by atoms with E-state index in [1.54, 1.807) is 66.4 Å². The van der Waals surface area contributed by atoms with Crippen LogP contribution in [0.2, 0.25) is 0 Å². The number of thioether (sulfide) groups is 1. The van der Waals surface area contributed by atoms with Gasteiger partial charge in [0.2, 0.25) is 0 Å². The molecule has 0 aliphatic heterocycles. The van der Waals surface area contributed by atoms with Crippen LogP contribution in [-0.2, 0) is 9.59 Å². The molecule has 1 amide bonds. The molecule has 3 N–H and O–H groups in total. The van der Waals surface area contributed by atoms with Gasteiger partial charge in [0.1, 0.15) is 5.70 Å². The van der Waals surface area contributed by atoms with Gasteiger partial charge in [0, 0.05) is 16.5 Å². The van der Waals surface area contributed by atoms with E-state index in [-0.39, 0.29) is 5.70 Å². The predicted octanol–water partition coefficient (Wildman–Crippen LogP) is 5.75. The quantitative estimate of drug-likeness (QED) is 0.289. The lowest BCUT2D eigenvalue weighted by molar-refractivity contribution is -0.133. The first kappa shape index (κ1) is 27.1. The molecule has 0 aromatic heterocycles. The van der Waals surface area contributed by atoms with Gasteiger partial charge in [-0.25, -0.2) is 9.59 Å². The Kier molecular flexibility index (Phi) is 10.5. The Hall–Kier alpha value is -4.10. The summed E-state index contributed by atoms with van der Waals surface area (Å²) in [7, 11) is 0. The van der Waals surface area contributed by atoms with Gasteiger partial charge in [-0.05, 0) is 61.1 Å². The van der Waals surface area contributed by atoms with Gasteiger partial charge < -0.3 is 15.5 Å². The maximum absolute atomic E-state index is 11.9. The number of hydrogen-bond acceptors (Lipinski definition) is 4. The second-order valence-electron chi connectivity index (χ2n) is 7.46. The maximum Gasteiger partial charge on any atom is 0.352 e. The standard InChI is InChI=1S/C16H13NO3.C12H14O2S/c18-15(13-9-5-2-6-10-13)17-14(16(19)20)11-12-7-3-1-4-8-12;1-8-4-5-11(15-3)10(6-8)9(2)7-12(13)14/h1-11H,(H,17,18)(H,19,20);4-7H,1-3H3,(H,13,14). The van der Waals surface area contributed by atoms with E-state index in [0.717, 1.165) is 21.6 Å². The van der Waals surface area contributed by atoms with Gasteiger partial charge in [0.15, 0.2) is 0 Å². The number of aliphatic carboxylic acids is 2. The highest BCUT2D eigenvalue weighted by Gasteiger charge is 2.13. The number of rotatable bonds is 7. The average Bonchev–Trinajstić information content (AvgIpc) is 2.84. The first-order valence-corrected chi connectivity index (χ1v) is 11.9. The van der Waals surface area contributed by atoms with E-state index in [1.165, 1.54) is 12.2 Å². The second kappa shape index (κ2) is 13.6. The highest BCUT2D eigenvalue weighted by atomic mass is 32.2. The van der Waals surface area contributed by atoms with Crippen LogP contribution in [0.4, 0.5) is 0 Å². The Balaban J connectivity index is 0.000000258. The molecule has 0 heterocycles. The lowest BCUT2D eigenvalue weighted by atomic mass is 10.0. The molecule has 3 rings (SSSR count). The van der Waals surface area contributed by atoms with Crippen molar-refractivity contribution in [3.63, 3.8) is 0 Å². The monoisotopic (exact) mass is 489 g/mol. The molecule has 7 heteroatoms. The maximum atomic E-state index is 11.9. The van der Waals surface area contributed by atoms with Crippen molar-refractivity contribution in [1.82, 2.24) is 5.32 Å². The summed E-state index contributed by atoms with van der Waals surface area (Å²) in [5.74, 6) is -2.53. The molecule has 0 fully saturated rings. The molecule has 0 aliphatic carbocycles. The number of amides is 1. The number of carbonyl (C=O) groups excluding carboxylic acids is 1. The van der Waals surface area contributed by atoms with Crippen molar-refractivity contribution in [1.29, 1.82) is 0 Å². The van der Waals surface area contributed by atoms with Crippen LogP contribution in [-0.4, -0.2) is 34.3 Å². The summed E-state index contributed by atoms with van der Waals surface area (Å²) >= 11 is 1.63. The lowest BCUT2D eigenvalue weighted by Gasteiger charge is -2.08. The summed E-state index contributed by atoms with van der Waals surface area (Å²) in [6.45, 7) is 3.82. The molecule has 35 heavy (non-hydrogen) atoms. The second-order valence-corrected chi connectivity index (χ2v) is 8.31. The van der Waals surface area contributed by atoms with Crippen molar-refractivity contribution in [3.05, 3.63) is 113 Å². The van der Waals surface area contributed by atoms with Gasteiger partial charge in [0.25, 0.3) is 5.91 Å². The normalized spacial score (nSPS) is 11.2. The number of benzene rings is 3. The van der Waals surface area contributed by atoms with E-state index in [4.69, 9.17) is 10.2 Å². The summed E-state index contributed by atoms with van der Waals surface area (Å²) in [5.41, 5.74) is 3.89. The van der Waals surface area contributed by atoms with Crippen LogP contribution in [0.1, 0.15) is 34.0 Å². The van der Waals surface area contributed by atoms with Crippen LogP contribution in [0.5, 0.6) is 0 Å². The fourth-order valence-corrected chi connectivity index (χ4v) is 3.69. The predicted molar refractivity (Wildman–Crippen MR) is 140 cm³/mol. The first-order valence-electron chi connectivity index (χ1n) is 10.6. The molecule has 0 radical (unpaired) electrons. The largest absolute Gasteiger partial charge is 0.478 e. The lowest BCUT2D eigenvalue weighted by Crippen LogP contribution is -2.27. The molecule has 3 aromatic carbocycles. The molecule has 6 nitrogen and oxygen atoms in total. The Morgan fingerprint density at radius 2 is 1.49 bits per heavy atom. The number of hydrogen-bond donors (Lipinski definition) is 3. The molecule has 0 unspecified atom stereocenters.